The third kappa shape index (κ3) is 5.26. The summed E-state index contributed by atoms with van der Waals surface area (Å²) in [7, 11) is 0. The van der Waals surface area contributed by atoms with Crippen LogP contribution in [0.5, 0.6) is 0 Å². The van der Waals surface area contributed by atoms with E-state index in [0.29, 0.717) is 6.61 Å². The van der Waals surface area contributed by atoms with Crippen molar-refractivity contribution in [2.45, 2.75) is 27.4 Å². The van der Waals surface area contributed by atoms with Gasteiger partial charge in [0.1, 0.15) is 0 Å². The van der Waals surface area contributed by atoms with E-state index >= 15 is 0 Å². The Morgan fingerprint density at radius 1 is 1.23 bits per heavy atom. The van der Waals surface area contributed by atoms with Crippen LogP contribution < -0.4 is 5.73 Å². The predicted octanol–water partition coefficient (Wildman–Crippen LogP) is 3.08. The molecule has 2 nitrogen and oxygen atoms in total. The molecule has 1 aromatic rings. The molecule has 1 aromatic carbocycles. The third-order valence-corrected chi connectivity index (χ3v) is 1.45. The quantitative estimate of drug-likeness (QED) is 0.731. The number of anilines is 1. The van der Waals surface area contributed by atoms with Gasteiger partial charge in [0.15, 0.2) is 0 Å². The van der Waals surface area contributed by atoms with Gasteiger partial charge in [-0.1, -0.05) is 26.0 Å². The van der Waals surface area contributed by atoms with Gasteiger partial charge in [0.05, 0.1) is 6.61 Å². The van der Waals surface area contributed by atoms with Gasteiger partial charge >= 0.3 is 0 Å². The number of hydrogen-bond donors (Lipinski definition) is 1. The van der Waals surface area contributed by atoms with Gasteiger partial charge < -0.3 is 10.5 Å². The van der Waals surface area contributed by atoms with Crippen LogP contribution in [0.2, 0.25) is 0 Å². The Morgan fingerprint density at radius 2 is 1.77 bits per heavy atom. The fourth-order valence-electron chi connectivity index (χ4n) is 0.834. The zero-order valence-corrected chi connectivity index (χ0v) is 8.71. The maximum absolute atomic E-state index is 5.51. The van der Waals surface area contributed by atoms with Crippen LogP contribution in [-0.4, -0.2) is 6.61 Å². The number of ether oxygens (including phenoxy) is 1. The van der Waals surface area contributed by atoms with Gasteiger partial charge in [0.2, 0.25) is 0 Å². The molecule has 0 radical (unpaired) electrons. The van der Waals surface area contributed by atoms with Crippen LogP contribution in [0.3, 0.4) is 0 Å². The molecule has 0 amide bonds. The van der Waals surface area contributed by atoms with E-state index in [-0.39, 0.29) is 1.43 Å². The minimum absolute atomic E-state index is 0. The van der Waals surface area contributed by atoms with Gasteiger partial charge in [0, 0.05) is 13.7 Å². The summed E-state index contributed by atoms with van der Waals surface area (Å²) in [5.74, 6) is 0. The summed E-state index contributed by atoms with van der Waals surface area (Å²) in [6.45, 7) is 7.42. The van der Waals surface area contributed by atoms with Crippen LogP contribution in [-0.2, 0) is 11.3 Å². The normalized spacial score (nSPS) is 8.85. The second-order valence-corrected chi connectivity index (χ2v) is 2.38. The van der Waals surface area contributed by atoms with Gasteiger partial charge in [-0.2, -0.15) is 0 Å². The molecule has 0 bridgehead atoms. The van der Waals surface area contributed by atoms with Crippen molar-refractivity contribution < 1.29 is 6.16 Å². The first-order valence-corrected chi connectivity index (χ1v) is 4.75. The summed E-state index contributed by atoms with van der Waals surface area (Å²) in [6, 6.07) is 7.72. The minimum atomic E-state index is 0. The van der Waals surface area contributed by atoms with Crippen molar-refractivity contribution in [3.8, 4) is 0 Å². The lowest BCUT2D eigenvalue weighted by molar-refractivity contribution is 0.134. The van der Waals surface area contributed by atoms with E-state index in [2.05, 4.69) is 0 Å². The molecule has 13 heavy (non-hydrogen) atoms. The number of hydrogen-bond acceptors (Lipinski definition) is 2. The molecule has 0 heterocycles. The van der Waals surface area contributed by atoms with Crippen molar-refractivity contribution in [3.63, 3.8) is 0 Å². The van der Waals surface area contributed by atoms with E-state index in [1.807, 2.05) is 45.0 Å². The zero-order chi connectivity index (χ0) is 10.1. The summed E-state index contributed by atoms with van der Waals surface area (Å²) >= 11 is 0. The molecule has 0 aromatic heterocycles. The first-order valence-electron chi connectivity index (χ1n) is 4.75. The summed E-state index contributed by atoms with van der Waals surface area (Å²) < 4.78 is 5.22. The molecule has 0 fully saturated rings. The predicted molar refractivity (Wildman–Crippen MR) is 59.6 cm³/mol. The van der Waals surface area contributed by atoms with Gasteiger partial charge in [-0.05, 0) is 24.6 Å². The molecule has 0 unspecified atom stereocenters. The molecule has 2 heteroatoms. The molecule has 2 N–H and O–H groups in total. The first kappa shape index (κ1) is 12.0. The Labute approximate surface area is 82.2 Å². The van der Waals surface area contributed by atoms with Crippen molar-refractivity contribution in [1.29, 1.82) is 0 Å². The Morgan fingerprint density at radius 3 is 2.23 bits per heavy atom. The summed E-state index contributed by atoms with van der Waals surface area (Å²) in [5, 5.41) is 0. The highest BCUT2D eigenvalue weighted by molar-refractivity contribution is 5.38. The van der Waals surface area contributed by atoms with Crippen molar-refractivity contribution >= 4 is 5.69 Å². The summed E-state index contributed by atoms with van der Waals surface area (Å²) in [6.07, 6.45) is 0. The number of nitrogen functional groups attached to an aromatic ring is 1. The van der Waals surface area contributed by atoms with Crippen LogP contribution >= 0.6 is 0 Å². The number of rotatable bonds is 3. The van der Waals surface area contributed by atoms with Crippen LogP contribution in [0.25, 0.3) is 0 Å². The maximum Gasteiger partial charge on any atom is 0.0716 e. The second kappa shape index (κ2) is 7.62. The lowest BCUT2D eigenvalue weighted by Gasteiger charge is -2.00. The minimum Gasteiger partial charge on any atom is -0.399 e. The van der Waals surface area contributed by atoms with E-state index < -0.39 is 0 Å². The third-order valence-electron chi connectivity index (χ3n) is 1.45. The van der Waals surface area contributed by atoms with Crippen molar-refractivity contribution in [2.24, 2.45) is 0 Å². The Balaban J connectivity index is 0. The van der Waals surface area contributed by atoms with Crippen LogP contribution in [0.15, 0.2) is 24.3 Å². The lowest BCUT2D eigenvalue weighted by atomic mass is 10.2. The number of benzene rings is 1. The Bertz CT molecular complexity index is 211. The SMILES string of the molecule is CC.CCOCc1ccc(N)cc1.[HH]. The van der Waals surface area contributed by atoms with Crippen LogP contribution in [0.1, 0.15) is 27.8 Å². The zero-order valence-electron chi connectivity index (χ0n) is 8.71. The van der Waals surface area contributed by atoms with Gasteiger partial charge in [-0.3, -0.25) is 0 Å². The molecule has 0 aliphatic rings. The largest absolute Gasteiger partial charge is 0.399 e. The number of nitrogens with two attached hydrogens (primary N) is 1. The first-order chi connectivity index (χ1) is 6.33. The van der Waals surface area contributed by atoms with E-state index in [9.17, 15) is 0 Å². The van der Waals surface area contributed by atoms with Crippen molar-refractivity contribution in [3.05, 3.63) is 29.8 Å². The van der Waals surface area contributed by atoms with E-state index in [0.717, 1.165) is 12.3 Å². The van der Waals surface area contributed by atoms with E-state index in [4.69, 9.17) is 10.5 Å². The molecule has 76 valence electrons. The van der Waals surface area contributed by atoms with Gasteiger partial charge in [-0.25, -0.2) is 0 Å². The molecule has 0 aliphatic heterocycles. The van der Waals surface area contributed by atoms with Crippen molar-refractivity contribution in [1.82, 2.24) is 0 Å². The van der Waals surface area contributed by atoms with Gasteiger partial charge in [0.25, 0.3) is 0 Å². The summed E-state index contributed by atoms with van der Waals surface area (Å²) in [5.41, 5.74) is 7.48. The topological polar surface area (TPSA) is 35.2 Å². The molecule has 0 saturated carbocycles. The molecule has 1 rings (SSSR count). The molecule has 0 saturated heterocycles. The highest BCUT2D eigenvalue weighted by Gasteiger charge is 1.90. The molecule has 0 aliphatic carbocycles. The highest BCUT2D eigenvalue weighted by atomic mass is 16.5. The Kier molecular flexibility index (Phi) is 7.02. The van der Waals surface area contributed by atoms with E-state index in [1.54, 1.807) is 0 Å². The molecular formula is C11H21NO. The highest BCUT2D eigenvalue weighted by Crippen LogP contribution is 2.05. The average molecular weight is 183 g/mol. The Hall–Kier alpha value is -1.02. The molecule has 0 spiro atoms. The van der Waals surface area contributed by atoms with E-state index in [1.165, 1.54) is 5.56 Å². The van der Waals surface area contributed by atoms with Crippen LogP contribution in [0.4, 0.5) is 5.69 Å². The van der Waals surface area contributed by atoms with Gasteiger partial charge in [-0.15, -0.1) is 0 Å². The summed E-state index contributed by atoms with van der Waals surface area (Å²) in [4.78, 5) is 0. The monoisotopic (exact) mass is 183 g/mol. The fourth-order valence-corrected chi connectivity index (χ4v) is 0.834. The fraction of sp³-hybridized carbons (Fsp3) is 0.455. The van der Waals surface area contributed by atoms with Crippen LogP contribution in [0, 0.1) is 0 Å². The second-order valence-electron chi connectivity index (χ2n) is 2.38. The lowest BCUT2D eigenvalue weighted by Crippen LogP contribution is -1.92. The molecular weight excluding hydrogens is 162 g/mol. The average Bonchev–Trinajstić information content (AvgIpc) is 2.20. The smallest absolute Gasteiger partial charge is 0.0716 e. The van der Waals surface area contributed by atoms with Crippen molar-refractivity contribution in [2.75, 3.05) is 12.3 Å². The molecule has 0 atom stereocenters. The standard InChI is InChI=1S/C9H13NO.C2H6.H2/c1-2-11-7-8-3-5-9(10)6-4-8;1-2;/h3-6H,2,7,10H2,1H3;1-2H3;1H. The maximum atomic E-state index is 5.51.